The number of benzene rings is 3. The minimum absolute atomic E-state index is 0.0481. The van der Waals surface area contributed by atoms with Crippen molar-refractivity contribution in [1.82, 2.24) is 9.55 Å². The first kappa shape index (κ1) is 20.1. The number of unbranched alkanes of at least 4 members (excludes halogenated alkanes) is 1. The predicted molar refractivity (Wildman–Crippen MR) is 123 cm³/mol. The van der Waals surface area contributed by atoms with E-state index >= 15 is 0 Å². The lowest BCUT2D eigenvalue weighted by molar-refractivity contribution is 0.103. The number of aromatic nitrogens is 2. The van der Waals surface area contributed by atoms with E-state index in [0.29, 0.717) is 11.3 Å². The minimum Gasteiger partial charge on any atom is -0.331 e. The molecular weight excluding hydrogens is 368 g/mol. The van der Waals surface area contributed by atoms with Crippen LogP contribution in [-0.2, 0) is 19.4 Å². The van der Waals surface area contributed by atoms with Crippen LogP contribution in [0.2, 0.25) is 0 Å². The van der Waals surface area contributed by atoms with Gasteiger partial charge in [0.2, 0.25) is 5.78 Å². The number of ketones is 1. The lowest BCUT2D eigenvalue weighted by atomic mass is 9.99. The van der Waals surface area contributed by atoms with Crippen LogP contribution in [0.1, 0.15) is 52.9 Å². The van der Waals surface area contributed by atoms with Crippen LogP contribution < -0.4 is 0 Å². The molecule has 151 valence electrons. The molecule has 0 bridgehead atoms. The van der Waals surface area contributed by atoms with Crippen LogP contribution in [-0.4, -0.2) is 15.3 Å². The van der Waals surface area contributed by atoms with Crippen molar-refractivity contribution in [3.05, 3.63) is 108 Å². The second-order valence-electron chi connectivity index (χ2n) is 7.67. The highest BCUT2D eigenvalue weighted by atomic mass is 16.1. The number of imidazole rings is 1. The Labute approximate surface area is 178 Å². The number of carbonyl (C=O) groups is 1. The van der Waals surface area contributed by atoms with Crippen LogP contribution >= 0.6 is 0 Å². The highest BCUT2D eigenvalue weighted by Gasteiger charge is 2.22. The number of hydrogen-bond acceptors (Lipinski definition) is 2. The Balaban J connectivity index is 1.70. The van der Waals surface area contributed by atoms with Crippen molar-refractivity contribution < 1.29 is 4.79 Å². The van der Waals surface area contributed by atoms with Gasteiger partial charge in [0.25, 0.3) is 0 Å². The first-order valence-electron chi connectivity index (χ1n) is 10.7. The van der Waals surface area contributed by atoms with E-state index in [0.717, 1.165) is 54.5 Å². The van der Waals surface area contributed by atoms with Gasteiger partial charge in [0.1, 0.15) is 11.5 Å². The van der Waals surface area contributed by atoms with E-state index in [1.165, 1.54) is 5.56 Å². The van der Waals surface area contributed by atoms with E-state index in [9.17, 15) is 4.79 Å². The maximum absolute atomic E-state index is 13.5. The van der Waals surface area contributed by atoms with Crippen LogP contribution in [0.25, 0.3) is 10.8 Å². The van der Waals surface area contributed by atoms with Crippen molar-refractivity contribution >= 4 is 16.6 Å². The maximum Gasteiger partial charge on any atom is 0.213 e. The van der Waals surface area contributed by atoms with Gasteiger partial charge < -0.3 is 4.57 Å². The Morgan fingerprint density at radius 2 is 1.67 bits per heavy atom. The summed E-state index contributed by atoms with van der Waals surface area (Å²) in [4.78, 5) is 18.3. The van der Waals surface area contributed by atoms with E-state index in [1.807, 2.05) is 48.5 Å². The Hall–Kier alpha value is -3.20. The van der Waals surface area contributed by atoms with Gasteiger partial charge in [-0.15, -0.1) is 0 Å². The molecule has 3 heteroatoms. The third-order valence-electron chi connectivity index (χ3n) is 5.62. The molecule has 3 nitrogen and oxygen atoms in total. The normalized spacial score (nSPS) is 11.1. The second-order valence-corrected chi connectivity index (χ2v) is 7.67. The molecule has 4 rings (SSSR count). The lowest BCUT2D eigenvalue weighted by Crippen LogP contribution is -2.09. The molecule has 3 aromatic carbocycles. The topological polar surface area (TPSA) is 34.9 Å². The molecule has 0 amide bonds. The number of nitrogens with zero attached hydrogens (tertiary/aromatic N) is 2. The number of carbonyl (C=O) groups excluding carboxylic acids is 1. The molecule has 30 heavy (non-hydrogen) atoms. The molecule has 0 spiro atoms. The summed E-state index contributed by atoms with van der Waals surface area (Å²) in [5.41, 5.74) is 3.15. The van der Waals surface area contributed by atoms with Crippen molar-refractivity contribution in [3.63, 3.8) is 0 Å². The molecule has 1 radical (unpaired) electrons. The summed E-state index contributed by atoms with van der Waals surface area (Å²) in [5.74, 6) is 0.911. The Morgan fingerprint density at radius 3 is 2.47 bits per heavy atom. The first-order chi connectivity index (χ1) is 14.7. The summed E-state index contributed by atoms with van der Waals surface area (Å²) in [5, 5.41) is 2.02. The molecule has 1 heterocycles. The predicted octanol–water partition coefficient (Wildman–Crippen LogP) is 6.03. The minimum atomic E-state index is -0.0481. The third kappa shape index (κ3) is 4.06. The van der Waals surface area contributed by atoms with Crippen LogP contribution in [0.15, 0.2) is 72.8 Å². The summed E-state index contributed by atoms with van der Waals surface area (Å²) >= 11 is 0. The standard InChI is InChI=1S/C27H27N2O/c1-3-4-17-25-28-26(20(2)29(25)19-18-21-11-6-5-7-12-21)27(30)24-16-10-14-22-13-8-9-15-23(22)24/h5-16H,2-4,17-19H2,1H3. The monoisotopic (exact) mass is 395 g/mol. The van der Waals surface area contributed by atoms with E-state index in [4.69, 9.17) is 4.98 Å². The molecule has 0 saturated heterocycles. The van der Waals surface area contributed by atoms with Gasteiger partial charge in [-0.25, -0.2) is 4.98 Å². The zero-order valence-corrected chi connectivity index (χ0v) is 17.5. The zero-order valence-electron chi connectivity index (χ0n) is 17.5. The van der Waals surface area contributed by atoms with Crippen molar-refractivity contribution in [2.24, 2.45) is 0 Å². The molecule has 0 N–H and O–H groups in total. The third-order valence-corrected chi connectivity index (χ3v) is 5.62. The summed E-state index contributed by atoms with van der Waals surface area (Å²) in [6.07, 6.45) is 3.88. The molecule has 0 aliphatic rings. The summed E-state index contributed by atoms with van der Waals surface area (Å²) in [6.45, 7) is 7.21. The van der Waals surface area contributed by atoms with Gasteiger partial charge in [-0.1, -0.05) is 86.1 Å². The first-order valence-corrected chi connectivity index (χ1v) is 10.7. The van der Waals surface area contributed by atoms with Crippen LogP contribution in [0.4, 0.5) is 0 Å². The molecule has 0 aliphatic heterocycles. The van der Waals surface area contributed by atoms with Crippen molar-refractivity contribution in [1.29, 1.82) is 0 Å². The Bertz CT molecular complexity index is 1150. The van der Waals surface area contributed by atoms with Gasteiger partial charge in [0.05, 0.1) is 0 Å². The highest BCUT2D eigenvalue weighted by molar-refractivity contribution is 6.16. The van der Waals surface area contributed by atoms with E-state index in [2.05, 4.69) is 42.7 Å². The quantitative estimate of drug-likeness (QED) is 0.341. The summed E-state index contributed by atoms with van der Waals surface area (Å²) in [6, 6.07) is 24.2. The Kier molecular flexibility index (Phi) is 6.08. The molecule has 1 aromatic heterocycles. The largest absolute Gasteiger partial charge is 0.331 e. The number of rotatable bonds is 8. The number of aryl methyl sites for hydroxylation is 2. The summed E-state index contributed by atoms with van der Waals surface area (Å²) < 4.78 is 2.14. The zero-order chi connectivity index (χ0) is 20.9. The molecule has 0 saturated carbocycles. The van der Waals surface area contributed by atoms with E-state index < -0.39 is 0 Å². The fraction of sp³-hybridized carbons (Fsp3) is 0.222. The molecule has 4 aromatic rings. The lowest BCUT2D eigenvalue weighted by Gasteiger charge is -2.10. The molecular formula is C27H27N2O. The van der Waals surface area contributed by atoms with Gasteiger partial charge in [-0.05, 0) is 36.1 Å². The Morgan fingerprint density at radius 1 is 0.933 bits per heavy atom. The number of hydrogen-bond donors (Lipinski definition) is 0. The van der Waals surface area contributed by atoms with Gasteiger partial charge in [-0.2, -0.15) is 0 Å². The van der Waals surface area contributed by atoms with E-state index in [-0.39, 0.29) is 5.78 Å². The van der Waals surface area contributed by atoms with Crippen LogP contribution in [0.3, 0.4) is 0 Å². The van der Waals surface area contributed by atoms with Gasteiger partial charge >= 0.3 is 0 Å². The molecule has 0 unspecified atom stereocenters. The molecule has 0 aliphatic carbocycles. The van der Waals surface area contributed by atoms with E-state index in [1.54, 1.807) is 0 Å². The van der Waals surface area contributed by atoms with Gasteiger partial charge in [0.15, 0.2) is 0 Å². The average molecular weight is 396 g/mol. The van der Waals surface area contributed by atoms with Gasteiger partial charge in [0, 0.05) is 24.2 Å². The SMILES string of the molecule is [CH2]c1c(C(=O)c2cccc3ccccc23)nc(CCCC)n1CCc1ccccc1. The highest BCUT2D eigenvalue weighted by Crippen LogP contribution is 2.24. The van der Waals surface area contributed by atoms with Crippen LogP contribution in [0.5, 0.6) is 0 Å². The van der Waals surface area contributed by atoms with Crippen molar-refractivity contribution in [2.75, 3.05) is 0 Å². The van der Waals surface area contributed by atoms with Crippen molar-refractivity contribution in [2.45, 2.75) is 39.2 Å². The maximum atomic E-state index is 13.5. The van der Waals surface area contributed by atoms with Crippen LogP contribution in [0, 0.1) is 6.92 Å². The second kappa shape index (κ2) is 9.08. The molecule has 0 atom stereocenters. The van der Waals surface area contributed by atoms with Gasteiger partial charge in [-0.3, -0.25) is 4.79 Å². The average Bonchev–Trinajstić information content (AvgIpc) is 3.11. The number of fused-ring (bicyclic) bond motifs is 1. The smallest absolute Gasteiger partial charge is 0.213 e. The van der Waals surface area contributed by atoms with Crippen molar-refractivity contribution in [3.8, 4) is 0 Å². The fourth-order valence-electron chi connectivity index (χ4n) is 3.95. The summed E-state index contributed by atoms with van der Waals surface area (Å²) in [7, 11) is 0. The fourth-order valence-corrected chi connectivity index (χ4v) is 3.95. The molecule has 0 fully saturated rings.